The standard InChI is InChI=1S/C16H14N4O2/c1-22-15-5-2-9(7-17-15)11-6-14(21)19-16-10(11)3-4-13-12(16)8-18-20-13/h2-5,7-8,11H,6H2,1H3,(H,18,20)(H,19,21)/t11-/m1/s1. The fourth-order valence-electron chi connectivity index (χ4n) is 2.97. The van der Waals surface area contributed by atoms with E-state index in [1.807, 2.05) is 24.3 Å². The molecule has 6 nitrogen and oxygen atoms in total. The number of aromatic nitrogens is 3. The van der Waals surface area contributed by atoms with Crippen LogP contribution in [0.25, 0.3) is 10.9 Å². The molecular formula is C16H14N4O2. The molecule has 1 aliphatic heterocycles. The van der Waals surface area contributed by atoms with Crippen LogP contribution in [0.1, 0.15) is 23.5 Å². The van der Waals surface area contributed by atoms with Crippen molar-refractivity contribution in [3.63, 3.8) is 0 Å². The molecule has 1 aromatic carbocycles. The summed E-state index contributed by atoms with van der Waals surface area (Å²) in [7, 11) is 1.58. The van der Waals surface area contributed by atoms with E-state index in [-0.39, 0.29) is 11.8 Å². The zero-order valence-corrected chi connectivity index (χ0v) is 12.0. The molecule has 0 saturated heterocycles. The van der Waals surface area contributed by atoms with E-state index in [0.717, 1.165) is 27.7 Å². The average Bonchev–Trinajstić information content (AvgIpc) is 3.03. The Hall–Kier alpha value is -2.89. The molecule has 0 bridgehead atoms. The third kappa shape index (κ3) is 1.92. The summed E-state index contributed by atoms with van der Waals surface area (Å²) in [6.07, 6.45) is 3.92. The number of aromatic amines is 1. The smallest absolute Gasteiger partial charge is 0.225 e. The number of carbonyl (C=O) groups excluding carboxylic acids is 1. The van der Waals surface area contributed by atoms with Crippen LogP contribution in [-0.2, 0) is 4.79 Å². The molecule has 0 unspecified atom stereocenters. The van der Waals surface area contributed by atoms with Crippen LogP contribution < -0.4 is 10.1 Å². The largest absolute Gasteiger partial charge is 0.481 e. The predicted molar refractivity (Wildman–Crippen MR) is 82.0 cm³/mol. The first-order valence-corrected chi connectivity index (χ1v) is 7.02. The summed E-state index contributed by atoms with van der Waals surface area (Å²) >= 11 is 0. The highest BCUT2D eigenvalue weighted by atomic mass is 16.5. The number of rotatable bonds is 2. The maximum atomic E-state index is 12.1. The van der Waals surface area contributed by atoms with E-state index in [2.05, 4.69) is 20.5 Å². The van der Waals surface area contributed by atoms with Gasteiger partial charge in [0.05, 0.1) is 24.5 Å². The fraction of sp³-hybridized carbons (Fsp3) is 0.188. The molecule has 0 fully saturated rings. The predicted octanol–water partition coefficient (Wildman–Crippen LogP) is 2.44. The molecule has 4 rings (SSSR count). The fourth-order valence-corrected chi connectivity index (χ4v) is 2.97. The maximum absolute atomic E-state index is 12.1. The third-order valence-corrected chi connectivity index (χ3v) is 4.06. The van der Waals surface area contributed by atoms with Crippen molar-refractivity contribution in [1.82, 2.24) is 15.2 Å². The number of fused-ring (bicyclic) bond motifs is 3. The molecule has 0 radical (unpaired) electrons. The van der Waals surface area contributed by atoms with Gasteiger partial charge in [-0.1, -0.05) is 12.1 Å². The molecule has 22 heavy (non-hydrogen) atoms. The molecule has 0 spiro atoms. The van der Waals surface area contributed by atoms with Gasteiger partial charge in [0.25, 0.3) is 0 Å². The van der Waals surface area contributed by atoms with Gasteiger partial charge in [0.15, 0.2) is 0 Å². The summed E-state index contributed by atoms with van der Waals surface area (Å²) < 4.78 is 5.09. The van der Waals surface area contributed by atoms with Crippen LogP contribution in [0, 0.1) is 0 Å². The second-order valence-corrected chi connectivity index (χ2v) is 5.30. The minimum absolute atomic E-state index is 0.00187. The Morgan fingerprint density at radius 3 is 2.91 bits per heavy atom. The zero-order valence-electron chi connectivity index (χ0n) is 12.0. The van der Waals surface area contributed by atoms with E-state index in [1.165, 1.54) is 0 Å². The van der Waals surface area contributed by atoms with Crippen LogP contribution in [0.4, 0.5) is 5.69 Å². The van der Waals surface area contributed by atoms with Gasteiger partial charge in [-0.15, -0.1) is 0 Å². The monoisotopic (exact) mass is 294 g/mol. The lowest BCUT2D eigenvalue weighted by Crippen LogP contribution is -2.23. The van der Waals surface area contributed by atoms with E-state index in [9.17, 15) is 4.79 Å². The topological polar surface area (TPSA) is 79.9 Å². The summed E-state index contributed by atoms with van der Waals surface area (Å²) in [4.78, 5) is 16.4. The molecule has 110 valence electrons. The molecule has 1 atom stereocenters. The van der Waals surface area contributed by atoms with E-state index >= 15 is 0 Å². The van der Waals surface area contributed by atoms with Gasteiger partial charge in [-0.3, -0.25) is 9.89 Å². The number of ether oxygens (including phenoxy) is 1. The van der Waals surface area contributed by atoms with E-state index in [4.69, 9.17) is 4.74 Å². The van der Waals surface area contributed by atoms with Crippen molar-refractivity contribution >= 4 is 22.5 Å². The summed E-state index contributed by atoms with van der Waals surface area (Å²) in [5.41, 5.74) is 3.83. The molecule has 0 saturated carbocycles. The van der Waals surface area contributed by atoms with Crippen LogP contribution >= 0.6 is 0 Å². The quantitative estimate of drug-likeness (QED) is 0.760. The zero-order chi connectivity index (χ0) is 15.1. The van der Waals surface area contributed by atoms with Crippen LogP contribution in [0.5, 0.6) is 5.88 Å². The first-order valence-electron chi connectivity index (χ1n) is 7.02. The number of pyridine rings is 1. The van der Waals surface area contributed by atoms with Gasteiger partial charge in [-0.05, 0) is 17.2 Å². The lowest BCUT2D eigenvalue weighted by atomic mass is 9.85. The number of hydrogen-bond donors (Lipinski definition) is 2. The van der Waals surface area contributed by atoms with Gasteiger partial charge < -0.3 is 10.1 Å². The number of amides is 1. The molecular weight excluding hydrogens is 280 g/mol. The molecule has 1 aliphatic rings. The lowest BCUT2D eigenvalue weighted by Gasteiger charge is -2.26. The molecule has 3 aromatic rings. The Morgan fingerprint density at radius 2 is 2.14 bits per heavy atom. The number of anilines is 1. The number of H-pyrrole nitrogens is 1. The highest BCUT2D eigenvalue weighted by Crippen LogP contribution is 2.40. The van der Waals surface area contributed by atoms with Gasteiger partial charge in [0.2, 0.25) is 11.8 Å². The molecule has 3 heterocycles. The van der Waals surface area contributed by atoms with Gasteiger partial charge in [-0.2, -0.15) is 5.10 Å². The van der Waals surface area contributed by atoms with Gasteiger partial charge in [-0.25, -0.2) is 4.98 Å². The number of carbonyl (C=O) groups is 1. The van der Waals surface area contributed by atoms with Gasteiger partial charge in [0, 0.05) is 30.0 Å². The maximum Gasteiger partial charge on any atom is 0.225 e. The first-order chi connectivity index (χ1) is 10.8. The Labute approximate surface area is 126 Å². The Balaban J connectivity index is 1.86. The Morgan fingerprint density at radius 1 is 1.23 bits per heavy atom. The van der Waals surface area contributed by atoms with Crippen molar-refractivity contribution in [2.45, 2.75) is 12.3 Å². The SMILES string of the molecule is COc1ccc([C@H]2CC(=O)Nc3c2ccc2[nH]ncc32)cn1. The van der Waals surface area contributed by atoms with E-state index in [0.29, 0.717) is 12.3 Å². The minimum atomic E-state index is -0.0125. The van der Waals surface area contributed by atoms with E-state index in [1.54, 1.807) is 19.5 Å². The van der Waals surface area contributed by atoms with E-state index < -0.39 is 0 Å². The van der Waals surface area contributed by atoms with Gasteiger partial charge >= 0.3 is 0 Å². The van der Waals surface area contributed by atoms with Gasteiger partial charge in [0.1, 0.15) is 0 Å². The molecule has 6 heteroatoms. The third-order valence-electron chi connectivity index (χ3n) is 4.06. The lowest BCUT2D eigenvalue weighted by molar-refractivity contribution is -0.116. The average molecular weight is 294 g/mol. The van der Waals surface area contributed by atoms with Crippen LogP contribution in [0.2, 0.25) is 0 Å². The van der Waals surface area contributed by atoms with Crippen molar-refractivity contribution in [3.05, 3.63) is 47.8 Å². The minimum Gasteiger partial charge on any atom is -0.481 e. The highest BCUT2D eigenvalue weighted by molar-refractivity contribution is 6.05. The van der Waals surface area contributed by atoms with Crippen molar-refractivity contribution < 1.29 is 9.53 Å². The molecule has 0 aliphatic carbocycles. The Bertz CT molecular complexity index is 854. The number of hydrogen-bond acceptors (Lipinski definition) is 4. The first kappa shape index (κ1) is 12.8. The second kappa shape index (κ2) is 4.84. The summed E-state index contributed by atoms with van der Waals surface area (Å²) in [5.74, 6) is 0.554. The van der Waals surface area contributed by atoms with Crippen molar-refractivity contribution in [3.8, 4) is 5.88 Å². The van der Waals surface area contributed by atoms with Crippen LogP contribution in [-0.4, -0.2) is 28.2 Å². The summed E-state index contributed by atoms with van der Waals surface area (Å²) in [6.45, 7) is 0. The van der Waals surface area contributed by atoms with Crippen LogP contribution in [0.15, 0.2) is 36.7 Å². The van der Waals surface area contributed by atoms with Crippen LogP contribution in [0.3, 0.4) is 0 Å². The van der Waals surface area contributed by atoms with Crippen molar-refractivity contribution in [2.24, 2.45) is 0 Å². The summed E-state index contributed by atoms with van der Waals surface area (Å²) in [5, 5.41) is 10.9. The van der Waals surface area contributed by atoms with Crippen molar-refractivity contribution in [1.29, 1.82) is 0 Å². The number of benzene rings is 1. The molecule has 1 amide bonds. The highest BCUT2D eigenvalue weighted by Gasteiger charge is 2.28. The number of nitrogens with zero attached hydrogens (tertiary/aromatic N) is 2. The summed E-state index contributed by atoms with van der Waals surface area (Å²) in [6, 6.07) is 7.79. The molecule has 2 aromatic heterocycles. The molecule has 2 N–H and O–H groups in total. The number of methoxy groups -OCH3 is 1. The van der Waals surface area contributed by atoms with Crippen molar-refractivity contribution in [2.75, 3.05) is 12.4 Å². The Kier molecular flexibility index (Phi) is 2.82. The normalized spacial score (nSPS) is 17.1. The second-order valence-electron chi connectivity index (χ2n) is 5.30. The number of nitrogens with one attached hydrogen (secondary N) is 2.